The number of aromatic hydroxyl groups is 2. The highest BCUT2D eigenvalue weighted by atomic mass is 16.3. The van der Waals surface area contributed by atoms with Crippen molar-refractivity contribution in [3.8, 4) is 11.5 Å². The summed E-state index contributed by atoms with van der Waals surface area (Å²) in [7, 11) is 0. The molecule has 1 atom stereocenters. The largest absolute Gasteiger partial charge is 0.508 e. The Labute approximate surface area is 125 Å². The molecule has 3 N–H and O–H groups in total. The summed E-state index contributed by atoms with van der Waals surface area (Å²) in [5.74, 6) is -0.316. The molecule has 116 valence electrons. The van der Waals surface area contributed by atoms with E-state index in [2.05, 4.69) is 12.2 Å². The Kier molecular flexibility index (Phi) is 5.44. The number of nitrogens with one attached hydrogen (secondary N) is 1. The molecular formula is C16H24N2O3. The van der Waals surface area contributed by atoms with E-state index < -0.39 is 0 Å². The maximum absolute atomic E-state index is 12.6. The minimum atomic E-state index is -0.136. The standard InChI is InChI=1S/C16H24N2O3/c1-2-3-7-18(11-13-5-4-6-17-13)16(21)12-8-14(19)10-15(20)9-12/h8-10,13,17,19-20H,2-7,11H2,1H3. The molecule has 1 fully saturated rings. The number of amides is 1. The summed E-state index contributed by atoms with van der Waals surface area (Å²) in [6, 6.07) is 4.38. The van der Waals surface area contributed by atoms with Crippen LogP contribution >= 0.6 is 0 Å². The zero-order chi connectivity index (χ0) is 15.2. The Morgan fingerprint density at radius 3 is 2.62 bits per heavy atom. The number of rotatable bonds is 6. The molecular weight excluding hydrogens is 268 g/mol. The zero-order valence-corrected chi connectivity index (χ0v) is 12.5. The fourth-order valence-electron chi connectivity index (χ4n) is 2.70. The highest BCUT2D eigenvalue weighted by Gasteiger charge is 2.22. The topological polar surface area (TPSA) is 72.8 Å². The molecule has 1 amide bonds. The summed E-state index contributed by atoms with van der Waals surface area (Å²) < 4.78 is 0. The second kappa shape index (κ2) is 7.31. The van der Waals surface area contributed by atoms with Crippen molar-refractivity contribution in [1.29, 1.82) is 0 Å². The van der Waals surface area contributed by atoms with E-state index in [9.17, 15) is 15.0 Å². The van der Waals surface area contributed by atoms with Crippen molar-refractivity contribution < 1.29 is 15.0 Å². The van der Waals surface area contributed by atoms with Crippen LogP contribution in [0.5, 0.6) is 11.5 Å². The number of phenols is 2. The molecule has 0 saturated carbocycles. The van der Waals surface area contributed by atoms with Crippen LogP contribution in [0.15, 0.2) is 18.2 Å². The minimum Gasteiger partial charge on any atom is -0.508 e. The maximum atomic E-state index is 12.6. The first-order valence-electron chi connectivity index (χ1n) is 7.66. The van der Waals surface area contributed by atoms with Gasteiger partial charge in [-0.25, -0.2) is 0 Å². The number of phenolic OH excluding ortho intramolecular Hbond substituents is 2. The monoisotopic (exact) mass is 292 g/mol. The average molecular weight is 292 g/mol. The third-order valence-corrected chi connectivity index (χ3v) is 3.82. The van der Waals surface area contributed by atoms with E-state index in [4.69, 9.17) is 0 Å². The summed E-state index contributed by atoms with van der Waals surface area (Å²) in [5.41, 5.74) is 0.335. The van der Waals surface area contributed by atoms with E-state index >= 15 is 0 Å². The molecule has 0 bridgehead atoms. The summed E-state index contributed by atoms with van der Waals surface area (Å²) in [5, 5.41) is 22.5. The lowest BCUT2D eigenvalue weighted by atomic mass is 10.1. The van der Waals surface area contributed by atoms with Gasteiger partial charge in [-0.2, -0.15) is 0 Å². The predicted octanol–water partition coefficient (Wildman–Crippen LogP) is 2.09. The van der Waals surface area contributed by atoms with E-state index in [0.717, 1.165) is 32.2 Å². The summed E-state index contributed by atoms with van der Waals surface area (Å²) in [6.45, 7) is 4.48. The molecule has 1 aliphatic rings. The van der Waals surface area contributed by atoms with Gasteiger partial charge in [0.05, 0.1) is 0 Å². The zero-order valence-electron chi connectivity index (χ0n) is 12.5. The number of unbranched alkanes of at least 4 members (excludes halogenated alkanes) is 1. The first-order valence-corrected chi connectivity index (χ1v) is 7.66. The summed E-state index contributed by atoms with van der Waals surface area (Å²) in [6.07, 6.45) is 4.20. The summed E-state index contributed by atoms with van der Waals surface area (Å²) in [4.78, 5) is 14.4. The molecule has 1 heterocycles. The van der Waals surface area contributed by atoms with Gasteiger partial charge < -0.3 is 20.4 Å². The van der Waals surface area contributed by atoms with Gasteiger partial charge in [0.1, 0.15) is 11.5 Å². The van der Waals surface area contributed by atoms with Crippen molar-refractivity contribution in [1.82, 2.24) is 10.2 Å². The van der Waals surface area contributed by atoms with Gasteiger partial charge in [0.25, 0.3) is 5.91 Å². The summed E-state index contributed by atoms with van der Waals surface area (Å²) >= 11 is 0. The second-order valence-corrected chi connectivity index (χ2v) is 5.64. The molecule has 1 aliphatic heterocycles. The van der Waals surface area contributed by atoms with E-state index in [-0.39, 0.29) is 17.4 Å². The van der Waals surface area contributed by atoms with Gasteiger partial charge in [0.2, 0.25) is 0 Å². The molecule has 0 spiro atoms. The molecule has 1 aromatic rings. The Balaban J connectivity index is 2.11. The molecule has 1 unspecified atom stereocenters. The van der Waals surface area contributed by atoms with Crippen LogP contribution in [-0.4, -0.2) is 46.7 Å². The van der Waals surface area contributed by atoms with Crippen LogP contribution in [0, 0.1) is 0 Å². The lowest BCUT2D eigenvalue weighted by Gasteiger charge is -2.26. The minimum absolute atomic E-state index is 0.0900. The number of hydrogen-bond donors (Lipinski definition) is 3. The Morgan fingerprint density at radius 1 is 1.33 bits per heavy atom. The first kappa shape index (κ1) is 15.6. The van der Waals surface area contributed by atoms with Crippen LogP contribution in [0.25, 0.3) is 0 Å². The number of nitrogens with zero attached hydrogens (tertiary/aromatic N) is 1. The van der Waals surface area contributed by atoms with Crippen molar-refractivity contribution in [2.45, 2.75) is 38.6 Å². The van der Waals surface area contributed by atoms with Crippen molar-refractivity contribution >= 4 is 5.91 Å². The SMILES string of the molecule is CCCCN(CC1CCCN1)C(=O)c1cc(O)cc(O)c1. The Hall–Kier alpha value is -1.75. The molecule has 21 heavy (non-hydrogen) atoms. The quantitative estimate of drug-likeness (QED) is 0.750. The Morgan fingerprint density at radius 2 is 2.05 bits per heavy atom. The molecule has 2 rings (SSSR count). The third kappa shape index (κ3) is 4.36. The molecule has 0 radical (unpaired) electrons. The highest BCUT2D eigenvalue weighted by Crippen LogP contribution is 2.22. The number of benzene rings is 1. The predicted molar refractivity (Wildman–Crippen MR) is 81.6 cm³/mol. The van der Waals surface area contributed by atoms with Gasteiger partial charge >= 0.3 is 0 Å². The van der Waals surface area contributed by atoms with Gasteiger partial charge in [0, 0.05) is 30.8 Å². The lowest BCUT2D eigenvalue weighted by Crippen LogP contribution is -2.41. The average Bonchev–Trinajstić information content (AvgIpc) is 2.94. The molecule has 1 saturated heterocycles. The molecule has 0 aromatic heterocycles. The van der Waals surface area contributed by atoms with Gasteiger partial charge in [-0.3, -0.25) is 4.79 Å². The van der Waals surface area contributed by atoms with E-state index in [1.54, 1.807) is 0 Å². The van der Waals surface area contributed by atoms with Gasteiger partial charge in [-0.1, -0.05) is 13.3 Å². The van der Waals surface area contributed by atoms with Crippen molar-refractivity contribution in [2.24, 2.45) is 0 Å². The van der Waals surface area contributed by atoms with E-state index in [0.29, 0.717) is 24.7 Å². The number of hydrogen-bond acceptors (Lipinski definition) is 4. The van der Waals surface area contributed by atoms with Crippen LogP contribution in [0.1, 0.15) is 43.0 Å². The van der Waals surface area contributed by atoms with Crippen LogP contribution in [0.3, 0.4) is 0 Å². The number of carbonyl (C=O) groups is 1. The second-order valence-electron chi connectivity index (χ2n) is 5.64. The van der Waals surface area contributed by atoms with Crippen LogP contribution in [-0.2, 0) is 0 Å². The van der Waals surface area contributed by atoms with Gasteiger partial charge in [-0.05, 0) is 37.9 Å². The van der Waals surface area contributed by atoms with Crippen molar-refractivity contribution in [2.75, 3.05) is 19.6 Å². The normalized spacial score (nSPS) is 17.9. The van der Waals surface area contributed by atoms with Gasteiger partial charge in [-0.15, -0.1) is 0 Å². The molecule has 5 nitrogen and oxygen atoms in total. The molecule has 5 heteroatoms. The third-order valence-electron chi connectivity index (χ3n) is 3.82. The Bertz CT molecular complexity index is 464. The van der Waals surface area contributed by atoms with Crippen molar-refractivity contribution in [3.63, 3.8) is 0 Å². The first-order chi connectivity index (χ1) is 10.1. The van der Waals surface area contributed by atoms with Crippen molar-refractivity contribution in [3.05, 3.63) is 23.8 Å². The van der Waals surface area contributed by atoms with Crippen LogP contribution < -0.4 is 5.32 Å². The molecule has 0 aliphatic carbocycles. The van der Waals surface area contributed by atoms with Crippen LogP contribution in [0.4, 0.5) is 0 Å². The van der Waals surface area contributed by atoms with E-state index in [1.807, 2.05) is 4.90 Å². The van der Waals surface area contributed by atoms with Gasteiger partial charge in [0.15, 0.2) is 0 Å². The number of carbonyl (C=O) groups excluding carboxylic acids is 1. The smallest absolute Gasteiger partial charge is 0.254 e. The fraction of sp³-hybridized carbons (Fsp3) is 0.562. The van der Waals surface area contributed by atoms with Crippen LogP contribution in [0.2, 0.25) is 0 Å². The maximum Gasteiger partial charge on any atom is 0.254 e. The fourth-order valence-corrected chi connectivity index (χ4v) is 2.70. The molecule has 1 aromatic carbocycles. The van der Waals surface area contributed by atoms with E-state index in [1.165, 1.54) is 18.2 Å². The lowest BCUT2D eigenvalue weighted by molar-refractivity contribution is 0.0738. The highest BCUT2D eigenvalue weighted by molar-refractivity contribution is 5.95.